The van der Waals surface area contributed by atoms with Crippen molar-refractivity contribution in [2.24, 2.45) is 0 Å². The van der Waals surface area contributed by atoms with Crippen molar-refractivity contribution in [3.05, 3.63) is 64.5 Å². The summed E-state index contributed by atoms with van der Waals surface area (Å²) in [5.41, 5.74) is 2.59. The maximum Gasteiger partial charge on any atom is 0.229 e. The number of aliphatic hydroxyl groups excluding tert-OH is 5. The number of ether oxygens (including phenoxy) is 2. The van der Waals surface area contributed by atoms with Crippen molar-refractivity contribution in [1.82, 2.24) is 0 Å². The molecule has 2 aromatic carbocycles. The molecule has 8 heteroatoms. The molecule has 0 unspecified atom stereocenters. The molecule has 2 aliphatic rings. The lowest BCUT2D eigenvalue weighted by atomic mass is 9.96. The maximum absolute atomic E-state index is 15.0. The molecule has 0 bridgehead atoms. The highest BCUT2D eigenvalue weighted by atomic mass is 19.1. The van der Waals surface area contributed by atoms with Crippen molar-refractivity contribution in [1.29, 1.82) is 0 Å². The maximum atomic E-state index is 15.0. The third-order valence-electron chi connectivity index (χ3n) is 6.13. The monoisotopic (exact) mass is 448 g/mol. The second-order valence-electron chi connectivity index (χ2n) is 8.70. The van der Waals surface area contributed by atoms with Crippen molar-refractivity contribution in [3.63, 3.8) is 0 Å². The number of rotatable bonds is 7. The quantitative estimate of drug-likeness (QED) is 0.434. The van der Waals surface area contributed by atoms with Crippen LogP contribution in [0.1, 0.15) is 47.9 Å². The first kappa shape index (κ1) is 23.1. The van der Waals surface area contributed by atoms with Gasteiger partial charge in [-0.15, -0.1) is 0 Å². The van der Waals surface area contributed by atoms with E-state index >= 15 is 0 Å². The van der Waals surface area contributed by atoms with Gasteiger partial charge in [0.25, 0.3) is 0 Å². The minimum Gasteiger partial charge on any atom is -0.462 e. The van der Waals surface area contributed by atoms with Crippen molar-refractivity contribution in [2.45, 2.75) is 75.5 Å². The van der Waals surface area contributed by atoms with Crippen LogP contribution in [-0.2, 0) is 17.8 Å². The average molecular weight is 448 g/mol. The fraction of sp³-hybridized carbons (Fsp3) is 0.500. The van der Waals surface area contributed by atoms with Crippen LogP contribution in [0, 0.1) is 5.82 Å². The molecule has 174 valence electrons. The van der Waals surface area contributed by atoms with Crippen LogP contribution in [0.4, 0.5) is 4.39 Å². The lowest BCUT2D eigenvalue weighted by Crippen LogP contribution is -2.61. The van der Waals surface area contributed by atoms with Gasteiger partial charge in [0.2, 0.25) is 6.29 Å². The van der Waals surface area contributed by atoms with Gasteiger partial charge in [-0.1, -0.05) is 24.3 Å². The molecule has 0 radical (unpaired) electrons. The minimum atomic E-state index is -1.63. The molecule has 1 aliphatic heterocycles. The van der Waals surface area contributed by atoms with Crippen molar-refractivity contribution < 1.29 is 39.4 Å². The predicted octanol–water partition coefficient (Wildman–Crippen LogP) is 1.35. The van der Waals surface area contributed by atoms with E-state index in [1.165, 1.54) is 37.5 Å². The lowest BCUT2D eigenvalue weighted by Gasteiger charge is -2.41. The lowest BCUT2D eigenvalue weighted by molar-refractivity contribution is -0.286. The molecule has 7 nitrogen and oxygen atoms in total. The molecule has 2 aromatic rings. The van der Waals surface area contributed by atoms with Crippen molar-refractivity contribution >= 4 is 0 Å². The Hall–Kier alpha value is -2.07. The first-order chi connectivity index (χ1) is 15.3. The number of benzene rings is 2. The van der Waals surface area contributed by atoms with Gasteiger partial charge in [-0.05, 0) is 54.5 Å². The summed E-state index contributed by atoms with van der Waals surface area (Å²) in [6, 6.07) is 10.6. The van der Waals surface area contributed by atoms with E-state index in [1.807, 2.05) is 24.3 Å². The van der Waals surface area contributed by atoms with Gasteiger partial charge in [0, 0.05) is 12.0 Å². The summed E-state index contributed by atoms with van der Waals surface area (Å²) in [7, 11) is 0. The summed E-state index contributed by atoms with van der Waals surface area (Å²) in [5.74, 6) is 0.0603. The molecule has 1 saturated heterocycles. The normalized spacial score (nSPS) is 29.0. The summed E-state index contributed by atoms with van der Waals surface area (Å²) >= 11 is 0. The Balaban J connectivity index is 1.61. The standard InChI is InChI=1S/C24H29FO7/c1-12(27)23-21(29)20(28)22(30)24(32-23)31-19-10-14(11-26)9-18(25)17(19)8-13-2-4-15(5-3-13)16-6-7-16/h2-5,9-10,12,16,20-24,26-30H,6-8,11H2,1H3/t12-,20+,21+,22-,23-,24-/m1/s1. The number of hydrogen-bond donors (Lipinski definition) is 5. The predicted molar refractivity (Wildman–Crippen MR) is 113 cm³/mol. The van der Waals surface area contributed by atoms with Crippen LogP contribution in [0.25, 0.3) is 0 Å². The van der Waals surface area contributed by atoms with E-state index in [0.717, 1.165) is 5.56 Å². The first-order valence-corrected chi connectivity index (χ1v) is 10.8. The van der Waals surface area contributed by atoms with E-state index in [-0.39, 0.29) is 23.3 Å². The fourth-order valence-electron chi connectivity index (χ4n) is 4.06. The molecule has 6 atom stereocenters. The molecular formula is C24H29FO7. The minimum absolute atomic E-state index is 0.0392. The largest absolute Gasteiger partial charge is 0.462 e. The third-order valence-corrected chi connectivity index (χ3v) is 6.13. The Kier molecular flexibility index (Phi) is 6.80. The van der Waals surface area contributed by atoms with Crippen LogP contribution in [0.2, 0.25) is 0 Å². The van der Waals surface area contributed by atoms with Gasteiger partial charge in [0.05, 0.1) is 12.7 Å². The second kappa shape index (κ2) is 9.43. The molecule has 0 spiro atoms. The highest BCUT2D eigenvalue weighted by Gasteiger charge is 2.46. The van der Waals surface area contributed by atoms with Gasteiger partial charge in [-0.2, -0.15) is 0 Å². The highest BCUT2D eigenvalue weighted by Crippen LogP contribution is 2.40. The van der Waals surface area contributed by atoms with Crippen LogP contribution >= 0.6 is 0 Å². The zero-order chi connectivity index (χ0) is 23.0. The zero-order valence-corrected chi connectivity index (χ0v) is 17.8. The highest BCUT2D eigenvalue weighted by molar-refractivity contribution is 5.42. The molecular weight excluding hydrogens is 419 g/mol. The first-order valence-electron chi connectivity index (χ1n) is 10.8. The third kappa shape index (κ3) is 4.80. The Morgan fingerprint density at radius 3 is 2.31 bits per heavy atom. The molecule has 5 N–H and O–H groups in total. The van der Waals surface area contributed by atoms with Crippen LogP contribution in [0.3, 0.4) is 0 Å². The summed E-state index contributed by atoms with van der Waals surface area (Å²) in [5, 5.41) is 49.9. The molecule has 1 heterocycles. The van der Waals surface area contributed by atoms with Gasteiger partial charge >= 0.3 is 0 Å². The molecule has 0 aromatic heterocycles. The molecule has 32 heavy (non-hydrogen) atoms. The van der Waals surface area contributed by atoms with E-state index in [2.05, 4.69) is 0 Å². The van der Waals surface area contributed by atoms with Crippen LogP contribution in [-0.4, -0.2) is 62.3 Å². The molecule has 0 amide bonds. The molecule has 1 saturated carbocycles. The Bertz CT molecular complexity index is 929. The van der Waals surface area contributed by atoms with Gasteiger partial charge in [0.1, 0.15) is 36.0 Å². The summed E-state index contributed by atoms with van der Waals surface area (Å²) in [6.07, 6.45) is -6.02. The van der Waals surface area contributed by atoms with Crippen molar-refractivity contribution in [3.8, 4) is 5.75 Å². The van der Waals surface area contributed by atoms with Crippen LogP contribution in [0.5, 0.6) is 5.75 Å². The SMILES string of the molecule is C[C@@H](O)[C@H]1O[C@@H](Oc2cc(CO)cc(F)c2Cc2ccc(C3CC3)cc2)[C@H](O)[C@@H](O)[C@@H]1O. The number of aliphatic hydroxyl groups is 5. The smallest absolute Gasteiger partial charge is 0.229 e. The topological polar surface area (TPSA) is 120 Å². The van der Waals surface area contributed by atoms with E-state index < -0.39 is 49.2 Å². The number of hydrogen-bond acceptors (Lipinski definition) is 7. The summed E-state index contributed by atoms with van der Waals surface area (Å²) in [4.78, 5) is 0. The van der Waals surface area contributed by atoms with Gasteiger partial charge in [-0.25, -0.2) is 4.39 Å². The summed E-state index contributed by atoms with van der Waals surface area (Å²) in [6.45, 7) is 0.952. The zero-order valence-electron chi connectivity index (χ0n) is 17.8. The Morgan fingerprint density at radius 2 is 1.72 bits per heavy atom. The van der Waals surface area contributed by atoms with Crippen LogP contribution < -0.4 is 4.74 Å². The fourth-order valence-corrected chi connectivity index (χ4v) is 4.06. The second-order valence-corrected chi connectivity index (χ2v) is 8.70. The van der Waals surface area contributed by atoms with Crippen molar-refractivity contribution in [2.75, 3.05) is 0 Å². The van der Waals surface area contributed by atoms with E-state index in [9.17, 15) is 29.9 Å². The van der Waals surface area contributed by atoms with Gasteiger partial charge in [-0.3, -0.25) is 0 Å². The Labute approximate surface area is 185 Å². The van der Waals surface area contributed by atoms with Crippen LogP contribution in [0.15, 0.2) is 36.4 Å². The van der Waals surface area contributed by atoms with Gasteiger partial charge in [0.15, 0.2) is 0 Å². The Morgan fingerprint density at radius 1 is 1.03 bits per heavy atom. The average Bonchev–Trinajstić information content (AvgIpc) is 3.61. The summed E-state index contributed by atoms with van der Waals surface area (Å²) < 4.78 is 26.2. The van der Waals surface area contributed by atoms with E-state index in [0.29, 0.717) is 5.92 Å². The van der Waals surface area contributed by atoms with E-state index in [1.54, 1.807) is 0 Å². The molecule has 4 rings (SSSR count). The van der Waals surface area contributed by atoms with E-state index in [4.69, 9.17) is 9.47 Å². The number of halogens is 1. The molecule has 1 aliphatic carbocycles. The van der Waals surface area contributed by atoms with Gasteiger partial charge < -0.3 is 35.0 Å². The molecule has 2 fully saturated rings.